The van der Waals surface area contributed by atoms with Crippen LogP contribution in [0.25, 0.3) is 0 Å². The van der Waals surface area contributed by atoms with Crippen molar-refractivity contribution < 1.29 is 17.9 Å². The van der Waals surface area contributed by atoms with E-state index in [-0.39, 0.29) is 17.2 Å². The highest BCUT2D eigenvalue weighted by molar-refractivity contribution is 5.63. The van der Waals surface area contributed by atoms with E-state index in [1.54, 1.807) is 24.3 Å². The van der Waals surface area contributed by atoms with Gasteiger partial charge in [0.25, 0.3) is 0 Å². The number of anilines is 4. The summed E-state index contributed by atoms with van der Waals surface area (Å²) < 4.78 is 46.4. The van der Waals surface area contributed by atoms with Gasteiger partial charge < -0.3 is 15.4 Å². The maximum absolute atomic E-state index is 13.6. The quantitative estimate of drug-likeness (QED) is 0.311. The molecule has 0 amide bonds. The summed E-state index contributed by atoms with van der Waals surface area (Å²) in [7, 11) is 0. The van der Waals surface area contributed by atoms with Crippen molar-refractivity contribution >= 4 is 23.1 Å². The Bertz CT molecular complexity index is 1060. The molecule has 34 heavy (non-hydrogen) atoms. The van der Waals surface area contributed by atoms with E-state index in [2.05, 4.69) is 48.3 Å². The number of nitrogens with one attached hydrogen (secondary N) is 2. The third-order valence-corrected chi connectivity index (χ3v) is 5.23. The molecule has 0 fully saturated rings. The molecule has 0 atom stereocenters. The van der Waals surface area contributed by atoms with Gasteiger partial charge in [-0.05, 0) is 53.8 Å². The molecule has 0 saturated heterocycles. The van der Waals surface area contributed by atoms with Crippen LogP contribution in [0, 0.1) is 0 Å². The predicted molar refractivity (Wildman–Crippen MR) is 130 cm³/mol. The first-order valence-corrected chi connectivity index (χ1v) is 11.4. The summed E-state index contributed by atoms with van der Waals surface area (Å²) >= 11 is 0. The lowest BCUT2D eigenvalue weighted by Gasteiger charge is -2.19. The van der Waals surface area contributed by atoms with E-state index in [0.29, 0.717) is 23.7 Å². The van der Waals surface area contributed by atoms with Crippen molar-refractivity contribution in [2.24, 2.45) is 0 Å². The Morgan fingerprint density at radius 2 is 1.47 bits per heavy atom. The van der Waals surface area contributed by atoms with Crippen LogP contribution < -0.4 is 15.4 Å². The zero-order valence-electron chi connectivity index (χ0n) is 20.0. The number of nitrogens with zero attached hydrogens (tertiary/aromatic N) is 2. The van der Waals surface area contributed by atoms with Crippen molar-refractivity contribution in [1.82, 2.24) is 9.97 Å². The van der Waals surface area contributed by atoms with Crippen LogP contribution in [0.2, 0.25) is 0 Å². The molecule has 8 heteroatoms. The molecule has 0 aliphatic carbocycles. The van der Waals surface area contributed by atoms with Crippen molar-refractivity contribution in [2.75, 3.05) is 17.2 Å². The van der Waals surface area contributed by atoms with Gasteiger partial charge in [0, 0.05) is 17.6 Å². The van der Waals surface area contributed by atoms with Crippen LogP contribution >= 0.6 is 0 Å². The third-order valence-electron chi connectivity index (χ3n) is 5.23. The fourth-order valence-corrected chi connectivity index (χ4v) is 3.24. The summed E-state index contributed by atoms with van der Waals surface area (Å²) in [6.07, 6.45) is -0.665. The molecule has 1 aromatic heterocycles. The second-order valence-electron chi connectivity index (χ2n) is 9.11. The molecule has 0 radical (unpaired) electrons. The van der Waals surface area contributed by atoms with E-state index in [1.165, 1.54) is 0 Å². The molecule has 182 valence electrons. The van der Waals surface area contributed by atoms with Crippen LogP contribution in [0.4, 0.5) is 36.3 Å². The predicted octanol–water partition coefficient (Wildman–Crippen LogP) is 7.85. The lowest BCUT2D eigenvalue weighted by atomic mass is 9.87. The minimum atomic E-state index is -4.60. The molecule has 5 nitrogen and oxygen atoms in total. The first kappa shape index (κ1) is 25.3. The minimum Gasteiger partial charge on any atom is -0.494 e. The van der Waals surface area contributed by atoms with Gasteiger partial charge in [-0.2, -0.15) is 18.2 Å². The van der Waals surface area contributed by atoms with E-state index in [9.17, 15) is 13.2 Å². The molecule has 0 saturated carbocycles. The second kappa shape index (κ2) is 10.8. The number of ether oxygens (including phenoxy) is 1. The monoisotopic (exact) mass is 472 g/mol. The summed E-state index contributed by atoms with van der Waals surface area (Å²) in [6, 6.07) is 14.4. The first-order chi connectivity index (χ1) is 16.1. The lowest BCUT2D eigenvalue weighted by Crippen LogP contribution is -2.13. The standard InChI is InChI=1S/C26H31F3N4O/c1-5-6-7-16-34-21-14-12-19(13-15-21)31-23-22(26(27,28)29)17-30-24(33-23)32-20-10-8-18(9-11-20)25(2,3)4/h8-15,17H,5-7,16H2,1-4H3,(H2,30,31,32,33). The summed E-state index contributed by atoms with van der Waals surface area (Å²) in [6.45, 7) is 9.05. The van der Waals surface area contributed by atoms with Crippen molar-refractivity contribution in [3.63, 3.8) is 0 Å². The fourth-order valence-electron chi connectivity index (χ4n) is 3.24. The van der Waals surface area contributed by atoms with Gasteiger partial charge in [0.1, 0.15) is 17.1 Å². The van der Waals surface area contributed by atoms with E-state index in [0.717, 1.165) is 31.0 Å². The molecule has 3 aromatic rings. The number of rotatable bonds is 9. The van der Waals surface area contributed by atoms with Crippen LogP contribution in [0.15, 0.2) is 54.7 Å². The Labute approximate surface area is 198 Å². The SMILES string of the molecule is CCCCCOc1ccc(Nc2nc(Nc3ccc(C(C)(C)C)cc3)ncc2C(F)(F)F)cc1. The maximum Gasteiger partial charge on any atom is 0.421 e. The molecule has 2 aromatic carbocycles. The van der Waals surface area contributed by atoms with E-state index in [1.807, 2.05) is 24.3 Å². The highest BCUT2D eigenvalue weighted by Crippen LogP contribution is 2.35. The molecule has 2 N–H and O–H groups in total. The van der Waals surface area contributed by atoms with Crippen LogP contribution in [0.5, 0.6) is 5.75 Å². The van der Waals surface area contributed by atoms with Gasteiger partial charge in [-0.15, -0.1) is 0 Å². The topological polar surface area (TPSA) is 59.1 Å². The molecule has 3 rings (SSSR count). The fraction of sp³-hybridized carbons (Fsp3) is 0.385. The zero-order valence-corrected chi connectivity index (χ0v) is 20.0. The van der Waals surface area contributed by atoms with Crippen LogP contribution in [0.1, 0.15) is 58.1 Å². The molecule has 1 heterocycles. The van der Waals surface area contributed by atoms with E-state index in [4.69, 9.17) is 4.74 Å². The highest BCUT2D eigenvalue weighted by atomic mass is 19.4. The number of benzene rings is 2. The highest BCUT2D eigenvalue weighted by Gasteiger charge is 2.35. The van der Waals surface area contributed by atoms with Crippen molar-refractivity contribution in [3.8, 4) is 5.75 Å². The second-order valence-corrected chi connectivity index (χ2v) is 9.11. The molecule has 0 unspecified atom stereocenters. The smallest absolute Gasteiger partial charge is 0.421 e. The van der Waals surface area contributed by atoms with Gasteiger partial charge in [0.15, 0.2) is 0 Å². The molecular weight excluding hydrogens is 441 g/mol. The molecule has 0 bridgehead atoms. The number of unbranched alkanes of at least 4 members (excludes halogenated alkanes) is 2. The van der Waals surface area contributed by atoms with Crippen LogP contribution in [-0.2, 0) is 11.6 Å². The Balaban J connectivity index is 1.77. The number of hydrogen-bond acceptors (Lipinski definition) is 5. The molecule has 0 spiro atoms. The summed E-state index contributed by atoms with van der Waals surface area (Å²) in [5.74, 6) is 0.407. The number of hydrogen-bond donors (Lipinski definition) is 2. The van der Waals surface area contributed by atoms with Crippen molar-refractivity contribution in [1.29, 1.82) is 0 Å². The van der Waals surface area contributed by atoms with Gasteiger partial charge in [0.2, 0.25) is 5.95 Å². The van der Waals surface area contributed by atoms with Gasteiger partial charge in [-0.3, -0.25) is 0 Å². The molecule has 0 aliphatic rings. The maximum atomic E-state index is 13.6. The average molecular weight is 473 g/mol. The lowest BCUT2D eigenvalue weighted by molar-refractivity contribution is -0.137. The van der Waals surface area contributed by atoms with Crippen LogP contribution in [0.3, 0.4) is 0 Å². The minimum absolute atomic E-state index is 0.00340. The van der Waals surface area contributed by atoms with Crippen molar-refractivity contribution in [3.05, 3.63) is 65.9 Å². The molecule has 0 aliphatic heterocycles. The van der Waals surface area contributed by atoms with Gasteiger partial charge in [-0.25, -0.2) is 4.98 Å². The van der Waals surface area contributed by atoms with Gasteiger partial charge in [0.05, 0.1) is 6.61 Å². The Morgan fingerprint density at radius 1 is 0.853 bits per heavy atom. The van der Waals surface area contributed by atoms with Crippen LogP contribution in [-0.4, -0.2) is 16.6 Å². The van der Waals surface area contributed by atoms with Crippen molar-refractivity contribution in [2.45, 2.75) is 58.5 Å². The zero-order chi connectivity index (χ0) is 24.8. The molecular formula is C26H31F3N4O. The van der Waals surface area contributed by atoms with E-state index >= 15 is 0 Å². The third kappa shape index (κ3) is 7.10. The first-order valence-electron chi connectivity index (χ1n) is 11.4. The Kier molecular flexibility index (Phi) is 8.02. The van der Waals surface area contributed by atoms with Gasteiger partial charge in [-0.1, -0.05) is 52.7 Å². The number of aromatic nitrogens is 2. The Morgan fingerprint density at radius 3 is 2.06 bits per heavy atom. The number of halogens is 3. The van der Waals surface area contributed by atoms with Gasteiger partial charge >= 0.3 is 6.18 Å². The largest absolute Gasteiger partial charge is 0.494 e. The summed E-state index contributed by atoms with van der Waals surface area (Å²) in [5, 5.41) is 5.75. The average Bonchev–Trinajstić information content (AvgIpc) is 2.77. The Hall–Kier alpha value is -3.29. The number of alkyl halides is 3. The summed E-state index contributed by atoms with van der Waals surface area (Å²) in [4.78, 5) is 7.98. The van der Waals surface area contributed by atoms with E-state index < -0.39 is 11.7 Å². The normalized spacial score (nSPS) is 11.9. The summed E-state index contributed by atoms with van der Waals surface area (Å²) in [5.41, 5.74) is 1.35.